The standard InChI is InChI=1S/C17H14N2O3S/c1-12-6-2-5-9-15(12)18-19-17-14-8-4-3-7-13(14)10-11-16(17)22-23(20)21/h2-11H,1H3,(H,20,21)/p-1. The van der Waals surface area contributed by atoms with Crippen LogP contribution in [-0.2, 0) is 11.4 Å². The number of aryl methyl sites for hydroxylation is 1. The summed E-state index contributed by atoms with van der Waals surface area (Å²) in [6, 6.07) is 18.4. The Morgan fingerprint density at radius 3 is 2.48 bits per heavy atom. The first-order chi connectivity index (χ1) is 11.1. The number of hydrogen-bond acceptors (Lipinski definition) is 5. The first-order valence-corrected chi connectivity index (χ1v) is 7.92. The van der Waals surface area contributed by atoms with Crippen LogP contribution in [0.4, 0.5) is 11.4 Å². The summed E-state index contributed by atoms with van der Waals surface area (Å²) in [4.78, 5) is 0. The average Bonchev–Trinajstić information content (AvgIpc) is 2.54. The van der Waals surface area contributed by atoms with E-state index in [1.54, 1.807) is 12.1 Å². The predicted octanol–water partition coefficient (Wildman–Crippen LogP) is 4.74. The van der Waals surface area contributed by atoms with E-state index >= 15 is 0 Å². The average molecular weight is 325 g/mol. The van der Waals surface area contributed by atoms with E-state index < -0.39 is 11.4 Å². The van der Waals surface area contributed by atoms with Gasteiger partial charge in [-0.3, -0.25) is 0 Å². The van der Waals surface area contributed by atoms with Crippen molar-refractivity contribution in [3.8, 4) is 5.75 Å². The fourth-order valence-electron chi connectivity index (χ4n) is 2.26. The lowest BCUT2D eigenvalue weighted by molar-refractivity contribution is 0.441. The summed E-state index contributed by atoms with van der Waals surface area (Å²) in [7, 11) is 0. The van der Waals surface area contributed by atoms with Crippen molar-refractivity contribution in [1.29, 1.82) is 0 Å². The van der Waals surface area contributed by atoms with Gasteiger partial charge in [0, 0.05) is 5.39 Å². The quantitative estimate of drug-likeness (QED) is 0.514. The minimum atomic E-state index is -2.67. The molecule has 0 saturated carbocycles. The Morgan fingerprint density at radius 1 is 0.957 bits per heavy atom. The Kier molecular flexibility index (Phi) is 4.45. The molecular weight excluding hydrogens is 312 g/mol. The maximum atomic E-state index is 10.9. The Labute approximate surface area is 136 Å². The van der Waals surface area contributed by atoms with Gasteiger partial charge >= 0.3 is 0 Å². The number of azo groups is 1. The van der Waals surface area contributed by atoms with E-state index in [1.807, 2.05) is 55.5 Å². The van der Waals surface area contributed by atoms with Crippen LogP contribution in [0.3, 0.4) is 0 Å². The highest BCUT2D eigenvalue weighted by atomic mass is 32.2. The highest BCUT2D eigenvalue weighted by Crippen LogP contribution is 2.37. The largest absolute Gasteiger partial charge is 0.740 e. The van der Waals surface area contributed by atoms with Gasteiger partial charge in [0.1, 0.15) is 17.0 Å². The predicted molar refractivity (Wildman–Crippen MR) is 88.9 cm³/mol. The number of nitrogens with zero attached hydrogens (tertiary/aromatic N) is 2. The van der Waals surface area contributed by atoms with E-state index in [0.717, 1.165) is 22.0 Å². The van der Waals surface area contributed by atoms with Crippen LogP contribution >= 0.6 is 0 Å². The zero-order valence-corrected chi connectivity index (χ0v) is 13.1. The van der Waals surface area contributed by atoms with Crippen molar-refractivity contribution in [1.82, 2.24) is 0 Å². The summed E-state index contributed by atoms with van der Waals surface area (Å²) in [5, 5.41) is 10.2. The number of fused-ring (bicyclic) bond motifs is 1. The Morgan fingerprint density at radius 2 is 1.70 bits per heavy atom. The van der Waals surface area contributed by atoms with Crippen LogP contribution in [0.5, 0.6) is 5.75 Å². The van der Waals surface area contributed by atoms with E-state index in [0.29, 0.717) is 5.69 Å². The highest BCUT2D eigenvalue weighted by Gasteiger charge is 2.09. The lowest BCUT2D eigenvalue weighted by Gasteiger charge is -2.11. The molecule has 1 unspecified atom stereocenters. The van der Waals surface area contributed by atoms with Crippen molar-refractivity contribution in [3.63, 3.8) is 0 Å². The van der Waals surface area contributed by atoms with Crippen LogP contribution in [0.15, 0.2) is 70.9 Å². The second kappa shape index (κ2) is 6.68. The third-order valence-corrected chi connectivity index (χ3v) is 3.71. The molecule has 3 aromatic carbocycles. The van der Waals surface area contributed by atoms with E-state index in [-0.39, 0.29) is 5.75 Å². The highest BCUT2D eigenvalue weighted by molar-refractivity contribution is 7.74. The molecule has 0 spiro atoms. The molecule has 0 aliphatic heterocycles. The zero-order valence-electron chi connectivity index (χ0n) is 12.3. The Bertz CT molecular complexity index is 909. The van der Waals surface area contributed by atoms with Crippen molar-refractivity contribution in [3.05, 3.63) is 66.2 Å². The van der Waals surface area contributed by atoms with Crippen molar-refractivity contribution >= 4 is 33.5 Å². The fraction of sp³-hybridized carbons (Fsp3) is 0.0588. The fourth-order valence-corrected chi connectivity index (χ4v) is 2.54. The Balaban J connectivity index is 2.13. The van der Waals surface area contributed by atoms with Gasteiger partial charge in [0.25, 0.3) is 0 Å². The summed E-state index contributed by atoms with van der Waals surface area (Å²) < 4.78 is 26.6. The van der Waals surface area contributed by atoms with E-state index in [9.17, 15) is 8.76 Å². The van der Waals surface area contributed by atoms with Gasteiger partial charge in [-0.2, -0.15) is 5.11 Å². The van der Waals surface area contributed by atoms with Crippen LogP contribution in [0, 0.1) is 6.92 Å². The van der Waals surface area contributed by atoms with Crippen molar-refractivity contribution in [2.75, 3.05) is 0 Å². The third-order valence-electron chi connectivity index (χ3n) is 3.39. The number of hydrogen-bond donors (Lipinski definition) is 0. The lowest BCUT2D eigenvalue weighted by atomic mass is 10.1. The van der Waals surface area contributed by atoms with Crippen LogP contribution in [0.1, 0.15) is 5.56 Å². The monoisotopic (exact) mass is 325 g/mol. The molecule has 0 aromatic heterocycles. The maximum absolute atomic E-state index is 10.9. The van der Waals surface area contributed by atoms with E-state index in [2.05, 4.69) is 10.2 Å². The van der Waals surface area contributed by atoms with Gasteiger partial charge in [0.05, 0.1) is 5.69 Å². The summed E-state index contributed by atoms with van der Waals surface area (Å²) in [6.45, 7) is 1.93. The number of rotatable bonds is 4. The first kappa shape index (κ1) is 15.3. The maximum Gasteiger partial charge on any atom is 0.167 e. The molecule has 3 rings (SSSR count). The second-order valence-corrected chi connectivity index (χ2v) is 5.48. The minimum absolute atomic E-state index is 0.148. The molecule has 0 aliphatic rings. The smallest absolute Gasteiger partial charge is 0.167 e. The molecule has 5 nitrogen and oxygen atoms in total. The molecule has 0 aliphatic carbocycles. The van der Waals surface area contributed by atoms with Gasteiger partial charge in [0.15, 0.2) is 5.75 Å². The minimum Gasteiger partial charge on any atom is -0.740 e. The molecule has 1 atom stereocenters. The van der Waals surface area contributed by atoms with Crippen LogP contribution in [-0.4, -0.2) is 8.76 Å². The third kappa shape index (κ3) is 3.44. The summed E-state index contributed by atoms with van der Waals surface area (Å²) >= 11 is -2.67. The van der Waals surface area contributed by atoms with Gasteiger partial charge in [-0.1, -0.05) is 48.5 Å². The van der Waals surface area contributed by atoms with Gasteiger partial charge < -0.3 is 8.74 Å². The molecule has 3 aromatic rings. The second-order valence-electron chi connectivity index (χ2n) is 4.91. The molecule has 0 radical (unpaired) electrons. The van der Waals surface area contributed by atoms with Crippen molar-refractivity contribution in [2.45, 2.75) is 6.92 Å². The van der Waals surface area contributed by atoms with Crippen LogP contribution < -0.4 is 4.18 Å². The first-order valence-electron chi connectivity index (χ1n) is 6.92. The Hall–Kier alpha value is -2.57. The SMILES string of the molecule is Cc1ccccc1N=Nc1c(OS(=O)[O-])ccc2ccccc12. The normalized spacial score (nSPS) is 12.6. The molecule has 0 amide bonds. The topological polar surface area (TPSA) is 74.1 Å². The summed E-state index contributed by atoms with van der Waals surface area (Å²) in [5.41, 5.74) is 2.08. The molecule has 0 N–H and O–H groups in total. The summed E-state index contributed by atoms with van der Waals surface area (Å²) in [5.74, 6) is 0.148. The van der Waals surface area contributed by atoms with E-state index in [4.69, 9.17) is 4.18 Å². The van der Waals surface area contributed by atoms with Gasteiger partial charge in [-0.15, -0.1) is 5.11 Å². The van der Waals surface area contributed by atoms with Crippen LogP contribution in [0.25, 0.3) is 10.8 Å². The molecule has 0 saturated heterocycles. The molecule has 6 heteroatoms. The lowest BCUT2D eigenvalue weighted by Crippen LogP contribution is -1.98. The molecule has 116 valence electrons. The van der Waals surface area contributed by atoms with E-state index in [1.165, 1.54) is 0 Å². The van der Waals surface area contributed by atoms with Gasteiger partial charge in [0.2, 0.25) is 0 Å². The number of benzene rings is 3. The van der Waals surface area contributed by atoms with Crippen molar-refractivity contribution < 1.29 is 12.9 Å². The van der Waals surface area contributed by atoms with Crippen LogP contribution in [0.2, 0.25) is 0 Å². The molecule has 23 heavy (non-hydrogen) atoms. The molecule has 0 heterocycles. The van der Waals surface area contributed by atoms with Crippen molar-refractivity contribution in [2.24, 2.45) is 10.2 Å². The zero-order chi connectivity index (χ0) is 16.2. The molecule has 0 bridgehead atoms. The molecule has 0 fully saturated rings. The van der Waals surface area contributed by atoms with Gasteiger partial charge in [-0.05, 0) is 30.0 Å². The summed E-state index contributed by atoms with van der Waals surface area (Å²) in [6.07, 6.45) is 0. The molecular formula is C17H13N2O3S-. The van der Waals surface area contributed by atoms with Gasteiger partial charge in [-0.25, -0.2) is 4.21 Å².